The van der Waals surface area contributed by atoms with E-state index in [1.807, 2.05) is 25.1 Å². The number of hydrogen-bond acceptors (Lipinski definition) is 4. The van der Waals surface area contributed by atoms with Crippen LogP contribution in [0.15, 0.2) is 48.7 Å². The molecular formula is C20H17FN2O2S. The summed E-state index contributed by atoms with van der Waals surface area (Å²) in [4.78, 5) is 19.4. The first-order chi connectivity index (χ1) is 12.6. The van der Waals surface area contributed by atoms with Gasteiger partial charge in [-0.3, -0.25) is 9.78 Å². The maximum absolute atomic E-state index is 13.4. The van der Waals surface area contributed by atoms with Crippen molar-refractivity contribution in [3.05, 3.63) is 64.9 Å². The first kappa shape index (κ1) is 16.7. The van der Waals surface area contributed by atoms with Crippen LogP contribution in [0.1, 0.15) is 10.4 Å². The molecule has 0 aliphatic carbocycles. The number of aryl methyl sites for hydroxylation is 1. The summed E-state index contributed by atoms with van der Waals surface area (Å²) in [6.45, 7) is 2.31. The number of hydrogen-bond donors (Lipinski definition) is 1. The van der Waals surface area contributed by atoms with Crippen molar-refractivity contribution in [1.29, 1.82) is 0 Å². The van der Waals surface area contributed by atoms with Gasteiger partial charge in [-0.15, -0.1) is 11.3 Å². The smallest absolute Gasteiger partial charge is 0.231 e. The number of nitrogens with zero attached hydrogens (tertiary/aromatic N) is 1. The fraction of sp³-hybridized carbons (Fsp3) is 0.200. The third-order valence-electron chi connectivity index (χ3n) is 4.34. The SMILES string of the molecule is Cc1ccc(-c2ncccc2NC(=O)C2COc3ccc(F)cc3C2)s1. The van der Waals surface area contributed by atoms with Crippen molar-refractivity contribution in [2.24, 2.45) is 5.92 Å². The zero-order valence-corrected chi connectivity index (χ0v) is 15.0. The summed E-state index contributed by atoms with van der Waals surface area (Å²) in [5.41, 5.74) is 2.14. The highest BCUT2D eigenvalue weighted by Crippen LogP contribution is 2.33. The summed E-state index contributed by atoms with van der Waals surface area (Å²) in [6.07, 6.45) is 2.16. The molecule has 26 heavy (non-hydrogen) atoms. The lowest BCUT2D eigenvalue weighted by Crippen LogP contribution is -2.32. The number of carbonyl (C=O) groups excluding carboxylic acids is 1. The average Bonchev–Trinajstić information content (AvgIpc) is 3.07. The Hall–Kier alpha value is -2.73. The summed E-state index contributed by atoms with van der Waals surface area (Å²) in [5, 5.41) is 2.96. The molecule has 0 radical (unpaired) electrons. The number of nitrogens with one attached hydrogen (secondary N) is 1. The average molecular weight is 368 g/mol. The molecule has 1 aromatic carbocycles. The molecule has 3 heterocycles. The molecule has 1 aliphatic rings. The van der Waals surface area contributed by atoms with Crippen molar-refractivity contribution in [2.75, 3.05) is 11.9 Å². The number of thiophene rings is 1. The number of pyridine rings is 1. The molecule has 4 nitrogen and oxygen atoms in total. The van der Waals surface area contributed by atoms with Gasteiger partial charge >= 0.3 is 0 Å². The molecule has 1 unspecified atom stereocenters. The Morgan fingerprint density at radius 2 is 2.19 bits per heavy atom. The molecule has 0 bridgehead atoms. The van der Waals surface area contributed by atoms with Gasteiger partial charge in [-0.25, -0.2) is 4.39 Å². The maximum atomic E-state index is 13.4. The first-order valence-corrected chi connectivity index (χ1v) is 9.16. The zero-order chi connectivity index (χ0) is 18.1. The van der Waals surface area contributed by atoms with Crippen molar-refractivity contribution in [3.63, 3.8) is 0 Å². The fourth-order valence-corrected chi connectivity index (χ4v) is 3.91. The number of carbonyl (C=O) groups is 1. The number of benzene rings is 1. The summed E-state index contributed by atoms with van der Waals surface area (Å²) in [6, 6.07) is 12.1. The molecule has 1 atom stereocenters. The van der Waals surface area contributed by atoms with E-state index < -0.39 is 0 Å². The van der Waals surface area contributed by atoms with Gasteiger partial charge in [-0.1, -0.05) is 0 Å². The van der Waals surface area contributed by atoms with Gasteiger partial charge in [0.15, 0.2) is 0 Å². The van der Waals surface area contributed by atoms with Crippen LogP contribution in [-0.2, 0) is 11.2 Å². The Bertz CT molecular complexity index is 970. The monoisotopic (exact) mass is 368 g/mol. The topological polar surface area (TPSA) is 51.2 Å². The highest BCUT2D eigenvalue weighted by molar-refractivity contribution is 7.15. The quantitative estimate of drug-likeness (QED) is 0.743. The van der Waals surface area contributed by atoms with Crippen molar-refractivity contribution in [3.8, 4) is 16.3 Å². The molecule has 1 aliphatic heterocycles. The normalized spacial score (nSPS) is 15.8. The predicted octanol–water partition coefficient (Wildman–Crippen LogP) is 4.45. The number of ether oxygens (including phenoxy) is 1. The van der Waals surface area contributed by atoms with Crippen LogP contribution in [-0.4, -0.2) is 17.5 Å². The lowest BCUT2D eigenvalue weighted by Gasteiger charge is -2.24. The van der Waals surface area contributed by atoms with Crippen LogP contribution < -0.4 is 10.1 Å². The van der Waals surface area contributed by atoms with E-state index in [9.17, 15) is 9.18 Å². The van der Waals surface area contributed by atoms with Gasteiger partial charge in [-0.05, 0) is 61.4 Å². The van der Waals surface area contributed by atoms with Gasteiger partial charge in [0.2, 0.25) is 5.91 Å². The van der Waals surface area contributed by atoms with E-state index in [1.54, 1.807) is 29.7 Å². The van der Waals surface area contributed by atoms with Crippen molar-refractivity contribution < 1.29 is 13.9 Å². The second-order valence-corrected chi connectivity index (χ2v) is 7.55. The minimum Gasteiger partial charge on any atom is -0.492 e. The molecule has 0 saturated heterocycles. The molecular weight excluding hydrogens is 351 g/mol. The van der Waals surface area contributed by atoms with E-state index in [2.05, 4.69) is 10.3 Å². The van der Waals surface area contributed by atoms with Crippen LogP contribution in [0.4, 0.5) is 10.1 Å². The van der Waals surface area contributed by atoms with Crippen molar-refractivity contribution >= 4 is 22.9 Å². The molecule has 3 aromatic rings. The van der Waals surface area contributed by atoms with Gasteiger partial charge in [0, 0.05) is 11.1 Å². The minimum atomic E-state index is -0.373. The highest BCUT2D eigenvalue weighted by atomic mass is 32.1. The second kappa shape index (κ2) is 6.88. The Balaban J connectivity index is 1.54. The summed E-state index contributed by atoms with van der Waals surface area (Å²) in [5.74, 6) is -0.201. The van der Waals surface area contributed by atoms with Crippen LogP contribution in [0, 0.1) is 18.7 Å². The molecule has 0 saturated carbocycles. The molecule has 0 spiro atoms. The van der Waals surface area contributed by atoms with Crippen molar-refractivity contribution in [1.82, 2.24) is 4.98 Å². The number of rotatable bonds is 3. The molecule has 2 aromatic heterocycles. The minimum absolute atomic E-state index is 0.151. The zero-order valence-electron chi connectivity index (χ0n) is 14.2. The second-order valence-electron chi connectivity index (χ2n) is 6.26. The molecule has 1 amide bonds. The van der Waals surface area contributed by atoms with E-state index in [1.165, 1.54) is 17.0 Å². The number of anilines is 1. The van der Waals surface area contributed by atoms with Gasteiger partial charge < -0.3 is 10.1 Å². The fourth-order valence-electron chi connectivity index (χ4n) is 3.03. The molecule has 1 N–H and O–H groups in total. The Morgan fingerprint density at radius 1 is 1.31 bits per heavy atom. The highest BCUT2D eigenvalue weighted by Gasteiger charge is 2.27. The van der Waals surface area contributed by atoms with E-state index in [4.69, 9.17) is 4.74 Å². The molecule has 6 heteroatoms. The van der Waals surface area contributed by atoms with E-state index >= 15 is 0 Å². The van der Waals surface area contributed by atoms with Crippen LogP contribution in [0.2, 0.25) is 0 Å². The third kappa shape index (κ3) is 3.32. The molecule has 132 valence electrons. The Labute approximate surface area is 154 Å². The van der Waals surface area contributed by atoms with Crippen LogP contribution in [0.25, 0.3) is 10.6 Å². The number of halogens is 1. The lowest BCUT2D eigenvalue weighted by molar-refractivity contribution is -0.121. The standard InChI is InChI=1S/C20H17FN2O2S/c1-12-4-7-18(26-12)19-16(3-2-8-22-19)23-20(24)14-9-13-10-15(21)5-6-17(13)25-11-14/h2-8,10,14H,9,11H2,1H3,(H,23,24). The van der Waals surface area contributed by atoms with Crippen LogP contribution in [0.5, 0.6) is 5.75 Å². The van der Waals surface area contributed by atoms with Crippen LogP contribution in [0.3, 0.4) is 0 Å². The maximum Gasteiger partial charge on any atom is 0.231 e. The number of amides is 1. The third-order valence-corrected chi connectivity index (χ3v) is 5.35. The van der Waals surface area contributed by atoms with E-state index in [0.717, 1.165) is 16.1 Å². The predicted molar refractivity (Wildman–Crippen MR) is 100 cm³/mol. The summed E-state index contributed by atoms with van der Waals surface area (Å²) in [7, 11) is 0. The van der Waals surface area contributed by atoms with Gasteiger partial charge in [0.05, 0.1) is 16.5 Å². The van der Waals surface area contributed by atoms with Gasteiger partial charge in [0.25, 0.3) is 0 Å². The number of aromatic nitrogens is 1. The lowest BCUT2D eigenvalue weighted by atomic mass is 9.96. The summed E-state index contributed by atoms with van der Waals surface area (Å²) >= 11 is 1.63. The summed E-state index contributed by atoms with van der Waals surface area (Å²) < 4.78 is 19.1. The first-order valence-electron chi connectivity index (χ1n) is 8.34. The van der Waals surface area contributed by atoms with E-state index in [-0.39, 0.29) is 24.2 Å². The molecule has 4 rings (SSSR count). The number of fused-ring (bicyclic) bond motifs is 1. The Morgan fingerprint density at radius 3 is 3.00 bits per heavy atom. The van der Waals surface area contributed by atoms with Gasteiger partial charge in [-0.2, -0.15) is 0 Å². The van der Waals surface area contributed by atoms with Crippen LogP contribution >= 0.6 is 11.3 Å². The molecule has 0 fully saturated rings. The van der Waals surface area contributed by atoms with E-state index in [0.29, 0.717) is 17.9 Å². The largest absolute Gasteiger partial charge is 0.492 e. The van der Waals surface area contributed by atoms with Gasteiger partial charge in [0.1, 0.15) is 23.9 Å². The Kier molecular flexibility index (Phi) is 4.42. The van der Waals surface area contributed by atoms with Crippen molar-refractivity contribution in [2.45, 2.75) is 13.3 Å².